The van der Waals surface area contributed by atoms with Crippen LogP contribution in [0.5, 0.6) is 5.75 Å². The molecule has 0 amide bonds. The van der Waals surface area contributed by atoms with Crippen LogP contribution >= 0.6 is 0 Å². The Morgan fingerprint density at radius 3 is 2.31 bits per heavy atom. The van der Waals surface area contributed by atoms with Crippen LogP contribution in [0.25, 0.3) is 6.08 Å². The van der Waals surface area contributed by atoms with Gasteiger partial charge in [-0.2, -0.15) is 0 Å². The van der Waals surface area contributed by atoms with Crippen molar-refractivity contribution in [3.8, 4) is 5.75 Å². The summed E-state index contributed by atoms with van der Waals surface area (Å²) in [5.41, 5.74) is 3.00. The fourth-order valence-electron chi connectivity index (χ4n) is 2.82. The molecule has 29 heavy (non-hydrogen) atoms. The van der Waals surface area contributed by atoms with Crippen molar-refractivity contribution in [1.29, 1.82) is 0 Å². The predicted octanol–water partition coefficient (Wildman–Crippen LogP) is 5.03. The number of aliphatic imine (C=N–C) groups is 1. The van der Waals surface area contributed by atoms with Gasteiger partial charge in [0.05, 0.1) is 0 Å². The van der Waals surface area contributed by atoms with Gasteiger partial charge < -0.3 is 9.47 Å². The quantitative estimate of drug-likeness (QED) is 0.407. The van der Waals surface area contributed by atoms with Gasteiger partial charge in [0.15, 0.2) is 5.70 Å². The Hall–Kier alpha value is -3.21. The van der Waals surface area contributed by atoms with Crippen molar-refractivity contribution in [2.24, 2.45) is 4.99 Å². The summed E-state index contributed by atoms with van der Waals surface area (Å²) in [5.74, 6) is 0.0256. The van der Waals surface area contributed by atoms with Crippen LogP contribution in [0.2, 0.25) is 0 Å². The van der Waals surface area contributed by atoms with Crippen molar-refractivity contribution in [3.63, 3.8) is 0 Å². The zero-order valence-corrected chi connectivity index (χ0v) is 17.2. The minimum atomic E-state index is -0.488. The van der Waals surface area contributed by atoms with E-state index >= 15 is 0 Å². The van der Waals surface area contributed by atoms with E-state index in [2.05, 4.69) is 25.8 Å². The molecule has 0 atom stereocenters. The molecule has 1 aliphatic rings. The van der Waals surface area contributed by atoms with Gasteiger partial charge >= 0.3 is 11.9 Å². The van der Waals surface area contributed by atoms with Crippen LogP contribution in [0, 0.1) is 0 Å². The minimum Gasteiger partial charge on any atom is -0.427 e. The summed E-state index contributed by atoms with van der Waals surface area (Å²) in [5, 5.41) is 0. The van der Waals surface area contributed by atoms with Crippen molar-refractivity contribution >= 4 is 23.9 Å². The van der Waals surface area contributed by atoms with Gasteiger partial charge in [-0.3, -0.25) is 4.79 Å². The fraction of sp³-hybridized carbons (Fsp3) is 0.292. The second-order valence-electron chi connectivity index (χ2n) is 7.96. The summed E-state index contributed by atoms with van der Waals surface area (Å²) >= 11 is 0. The van der Waals surface area contributed by atoms with Crippen LogP contribution in [0.3, 0.4) is 0 Å². The molecule has 0 fully saturated rings. The van der Waals surface area contributed by atoms with Crippen LogP contribution in [0.15, 0.2) is 59.2 Å². The highest BCUT2D eigenvalue weighted by Crippen LogP contribution is 2.25. The molecule has 0 bridgehead atoms. The third-order valence-electron chi connectivity index (χ3n) is 4.49. The third-order valence-corrected chi connectivity index (χ3v) is 4.49. The van der Waals surface area contributed by atoms with E-state index in [1.54, 1.807) is 30.3 Å². The first kappa shape index (κ1) is 20.5. The summed E-state index contributed by atoms with van der Waals surface area (Å²) in [6.07, 6.45) is 2.77. The molecule has 0 radical (unpaired) electrons. The van der Waals surface area contributed by atoms with E-state index in [1.807, 2.05) is 31.2 Å². The van der Waals surface area contributed by atoms with Crippen molar-refractivity contribution in [2.45, 2.75) is 46.0 Å². The molecule has 1 heterocycles. The molecule has 3 rings (SSSR count). The summed E-state index contributed by atoms with van der Waals surface area (Å²) in [6.45, 7) is 8.36. The molecule has 5 nitrogen and oxygen atoms in total. The summed E-state index contributed by atoms with van der Waals surface area (Å²) in [4.78, 5) is 28.1. The van der Waals surface area contributed by atoms with Crippen LogP contribution in [-0.2, 0) is 19.7 Å². The highest BCUT2D eigenvalue weighted by Gasteiger charge is 2.24. The zero-order chi connectivity index (χ0) is 21.0. The molecule has 1 aliphatic heterocycles. The van der Waals surface area contributed by atoms with E-state index in [4.69, 9.17) is 9.47 Å². The van der Waals surface area contributed by atoms with Crippen LogP contribution in [0.1, 0.15) is 57.2 Å². The molecule has 0 aliphatic carbocycles. The first-order valence-corrected chi connectivity index (χ1v) is 9.70. The monoisotopic (exact) mass is 391 g/mol. The van der Waals surface area contributed by atoms with E-state index < -0.39 is 5.97 Å². The lowest BCUT2D eigenvalue weighted by Crippen LogP contribution is -2.11. The Bertz CT molecular complexity index is 961. The maximum Gasteiger partial charge on any atom is 0.363 e. The van der Waals surface area contributed by atoms with Gasteiger partial charge in [0.2, 0.25) is 5.90 Å². The topological polar surface area (TPSA) is 65.0 Å². The number of carbonyl (C=O) groups is 2. The third kappa shape index (κ3) is 5.19. The average Bonchev–Trinajstić information content (AvgIpc) is 3.03. The largest absolute Gasteiger partial charge is 0.427 e. The Labute approximate surface area is 171 Å². The van der Waals surface area contributed by atoms with E-state index in [9.17, 15) is 9.59 Å². The first-order valence-electron chi connectivity index (χ1n) is 9.70. The minimum absolute atomic E-state index is 0.0504. The van der Waals surface area contributed by atoms with Gasteiger partial charge in [0.1, 0.15) is 5.75 Å². The SMILES string of the molecule is CCCC(=O)Oc1ccc(C=C2N=C(c3ccc(C(C)(C)C)cc3)OC2=O)cc1. The average molecular weight is 391 g/mol. The van der Waals surface area contributed by atoms with Crippen molar-refractivity contribution < 1.29 is 19.1 Å². The molecule has 2 aromatic rings. The highest BCUT2D eigenvalue weighted by molar-refractivity contribution is 6.12. The molecule has 0 saturated heterocycles. The second-order valence-corrected chi connectivity index (χ2v) is 7.96. The smallest absolute Gasteiger partial charge is 0.363 e. The highest BCUT2D eigenvalue weighted by atomic mass is 16.6. The van der Waals surface area contributed by atoms with Gasteiger partial charge in [0, 0.05) is 12.0 Å². The number of hydrogen-bond donors (Lipinski definition) is 0. The lowest BCUT2D eigenvalue weighted by atomic mass is 9.87. The van der Waals surface area contributed by atoms with Gasteiger partial charge in [-0.25, -0.2) is 9.79 Å². The molecule has 150 valence electrons. The Morgan fingerprint density at radius 2 is 1.72 bits per heavy atom. The Kier molecular flexibility index (Phi) is 5.97. The zero-order valence-electron chi connectivity index (χ0n) is 17.2. The number of esters is 2. The Balaban J connectivity index is 1.75. The number of rotatable bonds is 5. The number of benzene rings is 2. The van der Waals surface area contributed by atoms with Crippen molar-refractivity contribution in [2.75, 3.05) is 0 Å². The summed E-state index contributed by atoms with van der Waals surface area (Å²) in [6, 6.07) is 14.8. The normalized spacial score (nSPS) is 15.2. The molecular formula is C24H25NO4. The van der Waals surface area contributed by atoms with Crippen LogP contribution in [0.4, 0.5) is 0 Å². The molecular weight excluding hydrogens is 366 g/mol. The maximum absolute atomic E-state index is 12.2. The van der Waals surface area contributed by atoms with Crippen molar-refractivity contribution in [3.05, 3.63) is 70.9 Å². The van der Waals surface area contributed by atoms with Gasteiger partial charge in [-0.15, -0.1) is 0 Å². The summed E-state index contributed by atoms with van der Waals surface area (Å²) < 4.78 is 10.6. The molecule has 5 heteroatoms. The predicted molar refractivity (Wildman–Crippen MR) is 113 cm³/mol. The molecule has 0 spiro atoms. The van der Waals surface area contributed by atoms with Gasteiger partial charge in [0.25, 0.3) is 0 Å². The number of cyclic esters (lactones) is 1. The molecule has 0 saturated carbocycles. The second kappa shape index (κ2) is 8.43. The molecule has 0 aromatic heterocycles. The van der Waals surface area contributed by atoms with E-state index in [0.717, 1.165) is 17.5 Å². The van der Waals surface area contributed by atoms with E-state index in [-0.39, 0.29) is 17.1 Å². The van der Waals surface area contributed by atoms with Crippen molar-refractivity contribution in [1.82, 2.24) is 0 Å². The molecule has 0 N–H and O–H groups in total. The van der Waals surface area contributed by atoms with E-state index in [0.29, 0.717) is 18.1 Å². The van der Waals surface area contributed by atoms with Gasteiger partial charge in [-0.1, -0.05) is 52.0 Å². The first-order chi connectivity index (χ1) is 13.8. The Morgan fingerprint density at radius 1 is 1.07 bits per heavy atom. The van der Waals surface area contributed by atoms with Crippen LogP contribution < -0.4 is 4.74 Å². The fourth-order valence-corrected chi connectivity index (χ4v) is 2.82. The lowest BCUT2D eigenvalue weighted by Gasteiger charge is -2.18. The number of carbonyl (C=O) groups excluding carboxylic acids is 2. The molecule has 0 unspecified atom stereocenters. The van der Waals surface area contributed by atoms with Gasteiger partial charge in [-0.05, 0) is 53.3 Å². The van der Waals surface area contributed by atoms with E-state index in [1.165, 1.54) is 5.56 Å². The number of nitrogens with zero attached hydrogens (tertiary/aromatic N) is 1. The summed E-state index contributed by atoms with van der Waals surface area (Å²) in [7, 11) is 0. The lowest BCUT2D eigenvalue weighted by molar-refractivity contribution is -0.134. The van der Waals surface area contributed by atoms with Crippen LogP contribution in [-0.4, -0.2) is 17.8 Å². The standard InChI is InChI=1S/C24H25NO4/c1-5-6-21(26)28-19-13-7-16(8-14-19)15-20-23(27)29-22(25-20)17-9-11-18(12-10-17)24(2,3)4/h7-15H,5-6H2,1-4H3. The molecule has 2 aromatic carbocycles. The number of hydrogen-bond acceptors (Lipinski definition) is 5. The maximum atomic E-state index is 12.2. The number of ether oxygens (including phenoxy) is 2.